The summed E-state index contributed by atoms with van der Waals surface area (Å²) in [5.74, 6) is -1.22. The Morgan fingerprint density at radius 3 is 2.70 bits per heavy atom. The maximum Gasteiger partial charge on any atom is 0.321 e. The number of aryl methyl sites for hydroxylation is 1. The van der Waals surface area contributed by atoms with Gasteiger partial charge in [0.05, 0.1) is 4.34 Å². The van der Waals surface area contributed by atoms with Crippen LogP contribution in [0.2, 0.25) is 4.34 Å². The highest BCUT2D eigenvalue weighted by Gasteiger charge is 2.26. The van der Waals surface area contributed by atoms with Gasteiger partial charge in [0, 0.05) is 13.7 Å². The van der Waals surface area contributed by atoms with Crippen molar-refractivity contribution in [3.05, 3.63) is 16.0 Å². The summed E-state index contributed by atoms with van der Waals surface area (Å²) in [5, 5.41) is 9.05. The lowest BCUT2D eigenvalue weighted by molar-refractivity contribution is -0.139. The zero-order valence-corrected chi connectivity index (χ0v) is 13.4. The third-order valence-corrected chi connectivity index (χ3v) is 6.04. The van der Waals surface area contributed by atoms with Gasteiger partial charge in [-0.2, -0.15) is 4.72 Å². The Hall–Kier alpha value is -0.670. The van der Waals surface area contributed by atoms with E-state index in [1.54, 1.807) is 6.92 Å². The molecular formula is C11H16ClNO5S2. The second-order valence-corrected chi connectivity index (χ2v) is 7.76. The standard InChI is InChI=1S/C11H16ClNO5S2/c1-7-6-9(19-10(7)12)20(16,17)13-8(11(14)15)4-3-5-18-2/h6,8,13H,3-5H2,1-2H3,(H,14,15). The van der Waals surface area contributed by atoms with E-state index in [0.717, 1.165) is 11.3 Å². The number of thiophene rings is 1. The monoisotopic (exact) mass is 341 g/mol. The van der Waals surface area contributed by atoms with Crippen LogP contribution in [0, 0.1) is 6.92 Å². The molecule has 9 heteroatoms. The molecule has 0 saturated carbocycles. The number of sulfonamides is 1. The maximum absolute atomic E-state index is 12.1. The molecule has 1 rings (SSSR count). The van der Waals surface area contributed by atoms with Gasteiger partial charge in [0.1, 0.15) is 10.3 Å². The Balaban J connectivity index is 2.83. The number of ether oxygens (including phenoxy) is 1. The van der Waals surface area contributed by atoms with Crippen LogP contribution in [0.1, 0.15) is 18.4 Å². The number of hydrogen-bond acceptors (Lipinski definition) is 5. The average Bonchev–Trinajstić information content (AvgIpc) is 2.69. The molecule has 1 atom stereocenters. The molecule has 0 radical (unpaired) electrons. The van der Waals surface area contributed by atoms with Crippen LogP contribution < -0.4 is 4.72 Å². The highest BCUT2D eigenvalue weighted by Crippen LogP contribution is 2.30. The van der Waals surface area contributed by atoms with Crippen LogP contribution in [-0.4, -0.2) is 39.3 Å². The molecule has 0 fully saturated rings. The van der Waals surface area contributed by atoms with E-state index in [4.69, 9.17) is 21.4 Å². The Labute approximate surface area is 126 Å². The summed E-state index contributed by atoms with van der Waals surface area (Å²) in [6, 6.07) is 0.236. The van der Waals surface area contributed by atoms with Crippen LogP contribution in [0.15, 0.2) is 10.3 Å². The average molecular weight is 342 g/mol. The van der Waals surface area contributed by atoms with Crippen LogP contribution in [0.3, 0.4) is 0 Å². The van der Waals surface area contributed by atoms with Gasteiger partial charge in [-0.25, -0.2) is 8.42 Å². The number of carboxylic acids is 1. The summed E-state index contributed by atoms with van der Waals surface area (Å²) >= 11 is 6.73. The van der Waals surface area contributed by atoms with Crippen molar-refractivity contribution in [1.29, 1.82) is 0 Å². The van der Waals surface area contributed by atoms with E-state index in [0.29, 0.717) is 22.9 Å². The fourth-order valence-corrected chi connectivity index (χ4v) is 4.42. The molecule has 0 aromatic carbocycles. The van der Waals surface area contributed by atoms with Gasteiger partial charge < -0.3 is 9.84 Å². The summed E-state index contributed by atoms with van der Waals surface area (Å²) in [4.78, 5) is 11.1. The highest BCUT2D eigenvalue weighted by molar-refractivity contribution is 7.91. The van der Waals surface area contributed by atoms with Crippen LogP contribution in [-0.2, 0) is 19.6 Å². The molecule has 0 aliphatic rings. The molecule has 1 heterocycles. The molecule has 114 valence electrons. The lowest BCUT2D eigenvalue weighted by Gasteiger charge is -2.13. The summed E-state index contributed by atoms with van der Waals surface area (Å²) in [5.41, 5.74) is 0.642. The van der Waals surface area contributed by atoms with E-state index >= 15 is 0 Å². The summed E-state index contributed by atoms with van der Waals surface area (Å²) < 4.78 is 31.6. The Morgan fingerprint density at radius 1 is 1.60 bits per heavy atom. The van der Waals surface area contributed by atoms with E-state index in [1.165, 1.54) is 13.2 Å². The van der Waals surface area contributed by atoms with Crippen molar-refractivity contribution in [2.75, 3.05) is 13.7 Å². The minimum atomic E-state index is -3.88. The highest BCUT2D eigenvalue weighted by atomic mass is 35.5. The third kappa shape index (κ3) is 4.71. The van der Waals surface area contributed by atoms with Gasteiger partial charge >= 0.3 is 5.97 Å². The molecule has 1 unspecified atom stereocenters. The first kappa shape index (κ1) is 17.4. The quantitative estimate of drug-likeness (QED) is 0.704. The topological polar surface area (TPSA) is 92.7 Å². The number of aliphatic carboxylic acids is 1. The first-order valence-corrected chi connectivity index (χ1v) is 8.45. The van der Waals surface area contributed by atoms with Crippen molar-refractivity contribution in [1.82, 2.24) is 4.72 Å². The molecule has 0 amide bonds. The van der Waals surface area contributed by atoms with Crippen molar-refractivity contribution in [3.8, 4) is 0 Å². The SMILES string of the molecule is COCCCC(NS(=O)(=O)c1cc(C)c(Cl)s1)C(=O)O. The van der Waals surface area contributed by atoms with E-state index in [9.17, 15) is 13.2 Å². The second kappa shape index (κ2) is 7.37. The lowest BCUT2D eigenvalue weighted by atomic mass is 10.2. The largest absolute Gasteiger partial charge is 0.480 e. The summed E-state index contributed by atoms with van der Waals surface area (Å²) in [6.07, 6.45) is 0.598. The van der Waals surface area contributed by atoms with E-state index in [-0.39, 0.29) is 10.6 Å². The Morgan fingerprint density at radius 2 is 2.25 bits per heavy atom. The minimum absolute atomic E-state index is 0.0120. The first-order valence-electron chi connectivity index (χ1n) is 5.78. The number of carbonyl (C=O) groups is 1. The third-order valence-electron chi connectivity index (χ3n) is 2.54. The molecule has 1 aromatic rings. The molecule has 0 bridgehead atoms. The molecule has 0 aliphatic heterocycles. The zero-order valence-electron chi connectivity index (χ0n) is 11.1. The molecule has 6 nitrogen and oxygen atoms in total. The Kier molecular flexibility index (Phi) is 6.41. The molecule has 20 heavy (non-hydrogen) atoms. The Bertz CT molecular complexity index is 550. The van der Waals surface area contributed by atoms with Crippen LogP contribution >= 0.6 is 22.9 Å². The van der Waals surface area contributed by atoms with E-state index in [2.05, 4.69) is 4.72 Å². The lowest BCUT2D eigenvalue weighted by Crippen LogP contribution is -2.40. The van der Waals surface area contributed by atoms with Crippen molar-refractivity contribution in [3.63, 3.8) is 0 Å². The predicted octanol–water partition coefficient (Wildman–Crippen LogP) is 1.87. The van der Waals surface area contributed by atoms with Gasteiger partial charge in [-0.1, -0.05) is 11.6 Å². The predicted molar refractivity (Wildman–Crippen MR) is 76.9 cm³/mol. The summed E-state index contributed by atoms with van der Waals surface area (Å²) in [6.45, 7) is 2.06. The van der Waals surface area contributed by atoms with Crippen LogP contribution in [0.5, 0.6) is 0 Å². The van der Waals surface area contributed by atoms with Crippen molar-refractivity contribution >= 4 is 38.9 Å². The van der Waals surface area contributed by atoms with Crippen LogP contribution in [0.4, 0.5) is 0 Å². The number of nitrogens with one attached hydrogen (secondary N) is 1. The van der Waals surface area contributed by atoms with E-state index in [1.807, 2.05) is 0 Å². The number of methoxy groups -OCH3 is 1. The zero-order chi connectivity index (χ0) is 15.3. The van der Waals surface area contributed by atoms with Gasteiger partial charge in [-0.15, -0.1) is 11.3 Å². The molecule has 1 aromatic heterocycles. The van der Waals surface area contributed by atoms with E-state index < -0.39 is 22.0 Å². The van der Waals surface area contributed by atoms with Gasteiger partial charge in [0.15, 0.2) is 0 Å². The smallest absolute Gasteiger partial charge is 0.321 e. The summed E-state index contributed by atoms with van der Waals surface area (Å²) in [7, 11) is -2.38. The second-order valence-electron chi connectivity index (χ2n) is 4.17. The fourth-order valence-electron chi connectivity index (χ4n) is 1.47. The van der Waals surface area contributed by atoms with Crippen LogP contribution in [0.25, 0.3) is 0 Å². The molecule has 2 N–H and O–H groups in total. The number of carboxylic acid groups (broad SMARTS) is 1. The maximum atomic E-state index is 12.1. The first-order chi connectivity index (χ1) is 9.27. The molecular weight excluding hydrogens is 326 g/mol. The van der Waals surface area contributed by atoms with Gasteiger partial charge in [-0.3, -0.25) is 4.79 Å². The van der Waals surface area contributed by atoms with Crippen molar-refractivity contribution in [2.24, 2.45) is 0 Å². The minimum Gasteiger partial charge on any atom is -0.480 e. The van der Waals surface area contributed by atoms with Gasteiger partial charge in [0.2, 0.25) is 0 Å². The number of halogens is 1. The molecule has 0 aliphatic carbocycles. The van der Waals surface area contributed by atoms with Crippen molar-refractivity contribution < 1.29 is 23.1 Å². The fraction of sp³-hybridized carbons (Fsp3) is 0.545. The van der Waals surface area contributed by atoms with Gasteiger partial charge in [0.25, 0.3) is 10.0 Å². The number of rotatable bonds is 8. The van der Waals surface area contributed by atoms with Crippen molar-refractivity contribution in [2.45, 2.75) is 30.0 Å². The normalized spacial score (nSPS) is 13.3. The number of hydrogen-bond donors (Lipinski definition) is 2. The molecule has 0 spiro atoms. The molecule has 0 saturated heterocycles. The van der Waals surface area contributed by atoms with Gasteiger partial charge in [-0.05, 0) is 31.4 Å².